The Morgan fingerprint density at radius 2 is 1.77 bits per heavy atom. The fourth-order valence-electron chi connectivity index (χ4n) is 1.19. The first-order valence-electron chi connectivity index (χ1n) is 5.19. The molecule has 13 heavy (non-hydrogen) atoms. The SMILES string of the molecule is CCOC(OCC)[SiH2]CCCCS. The monoisotopic (exact) mass is 222 g/mol. The van der Waals surface area contributed by atoms with Gasteiger partial charge in [0.05, 0.1) is 9.52 Å². The molecule has 0 saturated carbocycles. The first-order chi connectivity index (χ1) is 6.35. The minimum Gasteiger partial charge on any atom is -0.357 e. The van der Waals surface area contributed by atoms with E-state index in [1.54, 1.807) is 0 Å². The maximum atomic E-state index is 5.48. The van der Waals surface area contributed by atoms with Crippen LogP contribution in [0, 0.1) is 0 Å². The average molecular weight is 222 g/mol. The molecule has 0 aromatic carbocycles. The van der Waals surface area contributed by atoms with Crippen molar-refractivity contribution in [2.45, 2.75) is 38.6 Å². The summed E-state index contributed by atoms with van der Waals surface area (Å²) in [6.45, 7) is 5.58. The van der Waals surface area contributed by atoms with Gasteiger partial charge in [0.1, 0.15) is 5.91 Å². The van der Waals surface area contributed by atoms with Gasteiger partial charge in [-0.2, -0.15) is 12.6 Å². The summed E-state index contributed by atoms with van der Waals surface area (Å²) in [7, 11) is -0.195. The summed E-state index contributed by atoms with van der Waals surface area (Å²) < 4.78 is 11.0. The van der Waals surface area contributed by atoms with Crippen LogP contribution in [0.4, 0.5) is 0 Å². The van der Waals surface area contributed by atoms with Crippen LogP contribution in [0.5, 0.6) is 0 Å². The molecule has 0 rings (SSSR count). The topological polar surface area (TPSA) is 18.5 Å². The Balaban J connectivity index is 3.33. The van der Waals surface area contributed by atoms with Crippen LogP contribution in [0.15, 0.2) is 0 Å². The Bertz CT molecular complexity index is 97.6. The number of ether oxygens (including phenoxy) is 2. The summed E-state index contributed by atoms with van der Waals surface area (Å²) in [6.07, 6.45) is 2.51. The summed E-state index contributed by atoms with van der Waals surface area (Å²) in [5.41, 5.74) is 0. The van der Waals surface area contributed by atoms with Crippen molar-refractivity contribution in [3.63, 3.8) is 0 Å². The number of hydrogen-bond donors (Lipinski definition) is 1. The van der Waals surface area contributed by atoms with Crippen molar-refractivity contribution in [3.05, 3.63) is 0 Å². The first-order valence-corrected chi connectivity index (χ1v) is 7.64. The first kappa shape index (κ1) is 13.5. The third-order valence-corrected chi connectivity index (χ3v) is 3.97. The molecule has 0 saturated heterocycles. The van der Waals surface area contributed by atoms with Gasteiger partial charge in [-0.05, 0) is 26.0 Å². The zero-order valence-corrected chi connectivity index (χ0v) is 11.1. The highest BCUT2D eigenvalue weighted by Crippen LogP contribution is 2.02. The second-order valence-corrected chi connectivity index (χ2v) is 5.31. The van der Waals surface area contributed by atoms with E-state index in [0.29, 0.717) is 0 Å². The molecular weight excluding hydrogens is 200 g/mol. The van der Waals surface area contributed by atoms with Crippen LogP contribution >= 0.6 is 12.6 Å². The largest absolute Gasteiger partial charge is 0.357 e. The Morgan fingerprint density at radius 3 is 2.23 bits per heavy atom. The summed E-state index contributed by atoms with van der Waals surface area (Å²) in [5, 5.41) is 0. The van der Waals surface area contributed by atoms with Gasteiger partial charge in [0.15, 0.2) is 0 Å². The molecule has 0 fully saturated rings. The lowest BCUT2D eigenvalue weighted by atomic mass is 10.4. The van der Waals surface area contributed by atoms with E-state index in [1.807, 2.05) is 13.8 Å². The maximum absolute atomic E-state index is 5.48. The van der Waals surface area contributed by atoms with Crippen molar-refractivity contribution in [2.24, 2.45) is 0 Å². The highest BCUT2D eigenvalue weighted by molar-refractivity contribution is 7.80. The minimum atomic E-state index is -0.195. The summed E-state index contributed by atoms with van der Waals surface area (Å²) in [6, 6.07) is 1.31. The third kappa shape index (κ3) is 8.81. The molecule has 0 aromatic rings. The fourth-order valence-corrected chi connectivity index (χ4v) is 3.19. The summed E-state index contributed by atoms with van der Waals surface area (Å²) >= 11 is 4.18. The number of hydrogen-bond acceptors (Lipinski definition) is 3. The highest BCUT2D eigenvalue weighted by Gasteiger charge is 2.06. The number of unbranched alkanes of at least 4 members (excludes halogenated alkanes) is 1. The van der Waals surface area contributed by atoms with Gasteiger partial charge in [-0.1, -0.05) is 12.5 Å². The summed E-state index contributed by atoms with van der Waals surface area (Å²) in [5.74, 6) is 1.15. The molecule has 0 aliphatic heterocycles. The smallest absolute Gasteiger partial charge is 0.134 e. The lowest BCUT2D eigenvalue weighted by Crippen LogP contribution is -2.24. The number of rotatable bonds is 9. The third-order valence-electron chi connectivity index (χ3n) is 1.80. The Morgan fingerprint density at radius 1 is 1.15 bits per heavy atom. The van der Waals surface area contributed by atoms with Crippen LogP contribution in [0.1, 0.15) is 26.7 Å². The van der Waals surface area contributed by atoms with Crippen molar-refractivity contribution in [3.8, 4) is 0 Å². The van der Waals surface area contributed by atoms with Gasteiger partial charge in [0.2, 0.25) is 0 Å². The lowest BCUT2D eigenvalue weighted by Gasteiger charge is -2.16. The van der Waals surface area contributed by atoms with Crippen LogP contribution in [-0.4, -0.2) is 34.4 Å². The van der Waals surface area contributed by atoms with Gasteiger partial charge in [-0.25, -0.2) is 0 Å². The molecule has 0 radical (unpaired) electrons. The lowest BCUT2D eigenvalue weighted by molar-refractivity contribution is -0.0827. The van der Waals surface area contributed by atoms with Gasteiger partial charge in [0, 0.05) is 13.2 Å². The van der Waals surface area contributed by atoms with Gasteiger partial charge in [0.25, 0.3) is 0 Å². The van der Waals surface area contributed by atoms with E-state index >= 15 is 0 Å². The predicted octanol–water partition coefficient (Wildman–Crippen LogP) is 1.64. The molecule has 0 aliphatic carbocycles. The van der Waals surface area contributed by atoms with Gasteiger partial charge in [-0.3, -0.25) is 0 Å². The highest BCUT2D eigenvalue weighted by atomic mass is 32.1. The molecule has 80 valence electrons. The van der Waals surface area contributed by atoms with Crippen LogP contribution in [0.2, 0.25) is 6.04 Å². The Kier molecular flexibility index (Phi) is 11.0. The van der Waals surface area contributed by atoms with Gasteiger partial charge in [-0.15, -0.1) is 0 Å². The number of thiol groups is 1. The molecule has 0 N–H and O–H groups in total. The van der Waals surface area contributed by atoms with Crippen LogP contribution in [0.25, 0.3) is 0 Å². The van der Waals surface area contributed by atoms with Gasteiger partial charge < -0.3 is 9.47 Å². The molecule has 0 aliphatic rings. The van der Waals surface area contributed by atoms with E-state index in [-0.39, 0.29) is 15.4 Å². The second kappa shape index (κ2) is 10.6. The maximum Gasteiger partial charge on any atom is 0.134 e. The van der Waals surface area contributed by atoms with Crippen molar-refractivity contribution in [1.82, 2.24) is 0 Å². The zero-order valence-electron chi connectivity index (χ0n) is 8.79. The molecule has 4 heteroatoms. The van der Waals surface area contributed by atoms with E-state index in [1.165, 1.54) is 18.9 Å². The molecule has 0 aromatic heterocycles. The van der Waals surface area contributed by atoms with Crippen molar-refractivity contribution in [1.29, 1.82) is 0 Å². The van der Waals surface area contributed by atoms with Crippen molar-refractivity contribution < 1.29 is 9.47 Å². The summed E-state index contributed by atoms with van der Waals surface area (Å²) in [4.78, 5) is 0. The van der Waals surface area contributed by atoms with Crippen molar-refractivity contribution in [2.75, 3.05) is 19.0 Å². The van der Waals surface area contributed by atoms with Crippen molar-refractivity contribution >= 4 is 22.1 Å². The molecule has 0 amide bonds. The molecule has 0 spiro atoms. The predicted molar refractivity (Wildman–Crippen MR) is 63.5 cm³/mol. The molecule has 0 bridgehead atoms. The molecule has 0 atom stereocenters. The average Bonchev–Trinajstić information content (AvgIpc) is 2.13. The van der Waals surface area contributed by atoms with E-state index < -0.39 is 0 Å². The van der Waals surface area contributed by atoms with Crippen LogP contribution in [0.3, 0.4) is 0 Å². The van der Waals surface area contributed by atoms with Crippen LogP contribution in [-0.2, 0) is 9.47 Å². The van der Waals surface area contributed by atoms with E-state index in [4.69, 9.17) is 9.47 Å². The van der Waals surface area contributed by atoms with Gasteiger partial charge >= 0.3 is 0 Å². The van der Waals surface area contributed by atoms with E-state index in [0.717, 1.165) is 19.0 Å². The molecule has 0 unspecified atom stereocenters. The van der Waals surface area contributed by atoms with E-state index in [2.05, 4.69) is 12.6 Å². The quantitative estimate of drug-likeness (QED) is 0.277. The molecular formula is C9H22O2SSi. The fraction of sp³-hybridized carbons (Fsp3) is 1.00. The Hall–Kier alpha value is 0.487. The van der Waals surface area contributed by atoms with E-state index in [9.17, 15) is 0 Å². The standard InChI is InChI=1S/C9H22O2SSi/c1-3-10-9(11-4-2)13-8-6-5-7-12/h9,12H,3-8,13H2,1-2H3. The van der Waals surface area contributed by atoms with Crippen LogP contribution < -0.4 is 0 Å². The zero-order chi connectivity index (χ0) is 9.94. The normalized spacial score (nSPS) is 12.0. The Labute approximate surface area is 89.6 Å². The molecule has 0 heterocycles. The minimum absolute atomic E-state index is 0.148. The second-order valence-electron chi connectivity index (χ2n) is 2.91. The molecule has 2 nitrogen and oxygen atoms in total.